The molecule has 1 amide bonds. The number of nitrogens with two attached hydrogens (primary N) is 1. The van der Waals surface area contributed by atoms with Crippen molar-refractivity contribution >= 4 is 11.7 Å². The number of amidine groups is 1. The number of nitrogens with zero attached hydrogens (tertiary/aromatic N) is 2. The number of oxime groups is 1. The standard InChI is InChI=1S/C14H25N3O3/c1-17(10-11-4-8-20-9-5-11)13(18)14(12(15)16-19)6-2-3-7-14/h11,19H,2-10H2,1H3,(H2,15,16). The molecule has 0 unspecified atom stereocenters. The van der Waals surface area contributed by atoms with Gasteiger partial charge in [0.1, 0.15) is 5.41 Å². The summed E-state index contributed by atoms with van der Waals surface area (Å²) in [6.07, 6.45) is 5.25. The van der Waals surface area contributed by atoms with Gasteiger partial charge in [0.2, 0.25) is 5.91 Å². The normalized spacial score (nSPS) is 23.8. The summed E-state index contributed by atoms with van der Waals surface area (Å²) in [6.45, 7) is 2.28. The van der Waals surface area contributed by atoms with Gasteiger partial charge in [-0.1, -0.05) is 18.0 Å². The minimum atomic E-state index is -0.783. The highest BCUT2D eigenvalue weighted by atomic mass is 16.5. The third-order valence-corrected chi connectivity index (χ3v) is 4.68. The summed E-state index contributed by atoms with van der Waals surface area (Å²) in [4.78, 5) is 14.5. The molecule has 0 aromatic rings. The Hall–Kier alpha value is -1.30. The third kappa shape index (κ3) is 2.90. The van der Waals surface area contributed by atoms with E-state index in [0.717, 1.165) is 45.4 Å². The molecular weight excluding hydrogens is 258 g/mol. The van der Waals surface area contributed by atoms with Gasteiger partial charge in [0.15, 0.2) is 5.84 Å². The Morgan fingerprint density at radius 3 is 2.55 bits per heavy atom. The van der Waals surface area contributed by atoms with E-state index in [-0.39, 0.29) is 11.7 Å². The molecule has 0 radical (unpaired) electrons. The molecule has 1 heterocycles. The van der Waals surface area contributed by atoms with Crippen molar-refractivity contribution in [2.75, 3.05) is 26.8 Å². The van der Waals surface area contributed by atoms with Crippen LogP contribution in [0.2, 0.25) is 0 Å². The number of hydrogen-bond acceptors (Lipinski definition) is 4. The largest absolute Gasteiger partial charge is 0.409 e. The van der Waals surface area contributed by atoms with Gasteiger partial charge < -0.3 is 20.6 Å². The Kier molecular flexibility index (Phi) is 4.86. The highest BCUT2D eigenvalue weighted by Crippen LogP contribution is 2.40. The van der Waals surface area contributed by atoms with Crippen LogP contribution in [0, 0.1) is 11.3 Å². The SMILES string of the molecule is CN(CC1CCOCC1)C(=O)C1(C(N)=NO)CCCC1. The molecule has 20 heavy (non-hydrogen) atoms. The number of carbonyl (C=O) groups excluding carboxylic acids is 1. The van der Waals surface area contributed by atoms with Gasteiger partial charge in [-0.2, -0.15) is 0 Å². The summed E-state index contributed by atoms with van der Waals surface area (Å²) in [5.74, 6) is 0.555. The van der Waals surface area contributed by atoms with Crippen LogP contribution in [0.25, 0.3) is 0 Å². The van der Waals surface area contributed by atoms with E-state index in [1.54, 1.807) is 4.90 Å². The monoisotopic (exact) mass is 283 g/mol. The maximum Gasteiger partial charge on any atom is 0.236 e. The molecule has 2 rings (SSSR count). The Morgan fingerprint density at radius 2 is 2.00 bits per heavy atom. The fourth-order valence-electron chi connectivity index (χ4n) is 3.42. The second kappa shape index (κ2) is 6.43. The van der Waals surface area contributed by atoms with Crippen LogP contribution in [0.3, 0.4) is 0 Å². The fraction of sp³-hybridized carbons (Fsp3) is 0.857. The van der Waals surface area contributed by atoms with Gasteiger partial charge in [-0.05, 0) is 31.6 Å². The van der Waals surface area contributed by atoms with E-state index in [4.69, 9.17) is 15.7 Å². The molecule has 2 aliphatic rings. The molecule has 3 N–H and O–H groups in total. The molecule has 1 saturated carbocycles. The first-order valence-electron chi connectivity index (χ1n) is 7.41. The molecule has 1 aliphatic heterocycles. The van der Waals surface area contributed by atoms with E-state index < -0.39 is 5.41 Å². The Bertz CT molecular complexity index is 372. The van der Waals surface area contributed by atoms with E-state index in [0.29, 0.717) is 18.8 Å². The molecule has 6 nitrogen and oxygen atoms in total. The van der Waals surface area contributed by atoms with Gasteiger partial charge in [0.05, 0.1) is 0 Å². The van der Waals surface area contributed by atoms with Crippen LogP contribution >= 0.6 is 0 Å². The van der Waals surface area contributed by atoms with Crippen molar-refractivity contribution in [1.82, 2.24) is 4.90 Å². The summed E-state index contributed by atoms with van der Waals surface area (Å²) in [6, 6.07) is 0. The zero-order valence-electron chi connectivity index (χ0n) is 12.2. The molecular formula is C14H25N3O3. The first-order chi connectivity index (χ1) is 9.60. The van der Waals surface area contributed by atoms with E-state index >= 15 is 0 Å². The molecule has 1 aliphatic carbocycles. The van der Waals surface area contributed by atoms with Gasteiger partial charge in [-0.15, -0.1) is 0 Å². The lowest BCUT2D eigenvalue weighted by Crippen LogP contribution is -2.50. The van der Waals surface area contributed by atoms with Gasteiger partial charge in [-0.25, -0.2) is 0 Å². The average Bonchev–Trinajstić information content (AvgIpc) is 2.97. The average molecular weight is 283 g/mol. The molecule has 6 heteroatoms. The summed E-state index contributed by atoms with van der Waals surface area (Å²) >= 11 is 0. The minimum Gasteiger partial charge on any atom is -0.409 e. The van der Waals surface area contributed by atoms with E-state index in [1.807, 2.05) is 7.05 Å². The number of ether oxygens (including phenoxy) is 1. The first-order valence-corrected chi connectivity index (χ1v) is 7.41. The molecule has 0 aromatic carbocycles. The zero-order valence-corrected chi connectivity index (χ0v) is 12.2. The van der Waals surface area contributed by atoms with E-state index in [9.17, 15) is 4.79 Å². The first kappa shape index (κ1) is 15.1. The van der Waals surface area contributed by atoms with Crippen LogP contribution in [0.1, 0.15) is 38.5 Å². The van der Waals surface area contributed by atoms with Gasteiger partial charge in [0.25, 0.3) is 0 Å². The Morgan fingerprint density at radius 1 is 1.40 bits per heavy atom. The van der Waals surface area contributed by atoms with Crippen molar-refractivity contribution in [3.8, 4) is 0 Å². The molecule has 0 spiro atoms. The maximum absolute atomic E-state index is 12.8. The van der Waals surface area contributed by atoms with E-state index in [1.165, 1.54) is 0 Å². The molecule has 1 saturated heterocycles. The number of amides is 1. The van der Waals surface area contributed by atoms with Crippen molar-refractivity contribution in [2.45, 2.75) is 38.5 Å². The molecule has 114 valence electrons. The maximum atomic E-state index is 12.8. The van der Waals surface area contributed by atoms with Gasteiger partial charge >= 0.3 is 0 Å². The second-order valence-corrected chi connectivity index (χ2v) is 6.02. The second-order valence-electron chi connectivity index (χ2n) is 6.02. The van der Waals surface area contributed by atoms with Crippen molar-refractivity contribution in [3.05, 3.63) is 0 Å². The highest BCUT2D eigenvalue weighted by molar-refractivity contribution is 6.06. The van der Waals surface area contributed by atoms with Crippen LogP contribution in [0.5, 0.6) is 0 Å². The quantitative estimate of drug-likeness (QED) is 0.351. The van der Waals surface area contributed by atoms with Crippen molar-refractivity contribution in [1.29, 1.82) is 0 Å². The number of hydrogen-bond donors (Lipinski definition) is 2. The summed E-state index contributed by atoms with van der Waals surface area (Å²) in [5.41, 5.74) is 5.03. The lowest BCUT2D eigenvalue weighted by Gasteiger charge is -2.34. The Balaban J connectivity index is 2.03. The predicted octanol–water partition coefficient (Wildman–Crippen LogP) is 1.18. The molecule has 0 atom stereocenters. The lowest BCUT2D eigenvalue weighted by molar-refractivity contribution is -0.138. The smallest absolute Gasteiger partial charge is 0.236 e. The predicted molar refractivity (Wildman–Crippen MR) is 75.5 cm³/mol. The summed E-state index contributed by atoms with van der Waals surface area (Å²) in [7, 11) is 1.82. The van der Waals surface area contributed by atoms with Crippen LogP contribution < -0.4 is 5.73 Å². The number of rotatable bonds is 4. The summed E-state index contributed by atoms with van der Waals surface area (Å²) in [5, 5.41) is 12.1. The Labute approximate surface area is 119 Å². The highest BCUT2D eigenvalue weighted by Gasteiger charge is 2.47. The molecule has 0 bridgehead atoms. The van der Waals surface area contributed by atoms with Crippen LogP contribution in [0.15, 0.2) is 5.16 Å². The third-order valence-electron chi connectivity index (χ3n) is 4.68. The van der Waals surface area contributed by atoms with Crippen molar-refractivity contribution < 1.29 is 14.7 Å². The topological polar surface area (TPSA) is 88.2 Å². The van der Waals surface area contributed by atoms with Crippen LogP contribution in [-0.2, 0) is 9.53 Å². The van der Waals surface area contributed by atoms with Gasteiger partial charge in [0, 0.05) is 26.8 Å². The lowest BCUT2D eigenvalue weighted by atomic mass is 9.83. The fourth-order valence-corrected chi connectivity index (χ4v) is 3.42. The zero-order chi connectivity index (χ0) is 14.6. The molecule has 0 aromatic heterocycles. The van der Waals surface area contributed by atoms with Gasteiger partial charge in [-0.3, -0.25) is 4.79 Å². The minimum absolute atomic E-state index is 0.00297. The van der Waals surface area contributed by atoms with Crippen molar-refractivity contribution in [3.63, 3.8) is 0 Å². The van der Waals surface area contributed by atoms with E-state index in [2.05, 4.69) is 5.16 Å². The number of carbonyl (C=O) groups is 1. The summed E-state index contributed by atoms with van der Waals surface area (Å²) < 4.78 is 5.34. The van der Waals surface area contributed by atoms with Crippen LogP contribution in [-0.4, -0.2) is 48.7 Å². The molecule has 2 fully saturated rings. The van der Waals surface area contributed by atoms with Crippen LogP contribution in [0.4, 0.5) is 0 Å². The van der Waals surface area contributed by atoms with Crippen molar-refractivity contribution in [2.24, 2.45) is 22.2 Å².